The van der Waals surface area contributed by atoms with Gasteiger partial charge in [-0.25, -0.2) is 17.5 Å². The Balaban J connectivity index is 2.18. The van der Waals surface area contributed by atoms with Crippen molar-refractivity contribution in [1.82, 2.24) is 4.31 Å². The molecule has 0 atom stereocenters. The van der Waals surface area contributed by atoms with Crippen LogP contribution in [0.4, 0.5) is 0 Å². The second-order valence-electron chi connectivity index (χ2n) is 5.93. The quantitative estimate of drug-likeness (QED) is 0.615. The highest BCUT2D eigenvalue weighted by molar-refractivity contribution is 7.89. The van der Waals surface area contributed by atoms with Gasteiger partial charge in [-0.3, -0.25) is 0 Å². The first kappa shape index (κ1) is 18.2. The third kappa shape index (κ3) is 4.01. The molecule has 0 spiro atoms. The number of hydrogen-bond acceptors (Lipinski definition) is 4. The van der Waals surface area contributed by atoms with Crippen LogP contribution in [-0.4, -0.2) is 32.8 Å². The molecule has 6 heteroatoms. The van der Waals surface area contributed by atoms with Gasteiger partial charge in [0.05, 0.1) is 10.5 Å². The first-order chi connectivity index (χ1) is 11.2. The normalized spacial score (nSPS) is 11.8. The molecule has 0 fully saturated rings. The first-order valence-electron chi connectivity index (χ1n) is 7.56. The van der Waals surface area contributed by atoms with Crippen molar-refractivity contribution in [3.05, 3.63) is 59.7 Å². The molecule has 0 unspecified atom stereocenters. The molecule has 0 heterocycles. The van der Waals surface area contributed by atoms with Crippen LogP contribution < -0.4 is 4.74 Å². The Labute approximate surface area is 142 Å². The van der Waals surface area contributed by atoms with Crippen LogP contribution in [0.1, 0.15) is 35.7 Å². The Hall–Kier alpha value is -2.18. The minimum absolute atomic E-state index is 0.130. The van der Waals surface area contributed by atoms with Crippen molar-refractivity contribution in [2.24, 2.45) is 0 Å². The number of rotatable bonds is 5. The number of sulfonamides is 1. The molecule has 0 radical (unpaired) electrons. The average molecular weight is 347 g/mol. The van der Waals surface area contributed by atoms with E-state index in [0.717, 1.165) is 9.87 Å². The van der Waals surface area contributed by atoms with Crippen LogP contribution in [0.3, 0.4) is 0 Å². The molecular weight excluding hydrogens is 326 g/mol. The first-order valence-corrected chi connectivity index (χ1v) is 9.00. The van der Waals surface area contributed by atoms with Gasteiger partial charge >= 0.3 is 5.97 Å². The molecule has 0 aliphatic carbocycles. The molecule has 2 rings (SSSR count). The highest BCUT2D eigenvalue weighted by Crippen LogP contribution is 2.21. The van der Waals surface area contributed by atoms with Crippen molar-refractivity contribution in [2.45, 2.75) is 24.7 Å². The van der Waals surface area contributed by atoms with Crippen molar-refractivity contribution in [3.63, 3.8) is 0 Å². The number of nitrogens with zero attached hydrogens (tertiary/aromatic N) is 1. The van der Waals surface area contributed by atoms with Crippen LogP contribution in [-0.2, 0) is 10.0 Å². The summed E-state index contributed by atoms with van der Waals surface area (Å²) in [5.74, 6) is 0.278. The monoisotopic (exact) mass is 347 g/mol. The summed E-state index contributed by atoms with van der Waals surface area (Å²) in [6, 6.07) is 13.1. The standard InChI is InChI=1S/C18H21NO4S/c1-13(2)15-6-5-7-16(12-15)23-18(20)14-8-10-17(11-9-14)24(21,22)19(3)4/h5-13H,1-4H3. The van der Waals surface area contributed by atoms with Crippen LogP contribution in [0, 0.1) is 0 Å². The van der Waals surface area contributed by atoms with E-state index in [1.165, 1.54) is 38.4 Å². The van der Waals surface area contributed by atoms with Crippen molar-refractivity contribution in [2.75, 3.05) is 14.1 Å². The maximum atomic E-state index is 12.2. The molecule has 24 heavy (non-hydrogen) atoms. The lowest BCUT2D eigenvalue weighted by Gasteiger charge is -2.12. The number of benzene rings is 2. The SMILES string of the molecule is CC(C)c1cccc(OC(=O)c2ccc(S(=O)(=O)N(C)C)cc2)c1. The van der Waals surface area contributed by atoms with Gasteiger partial charge in [0.15, 0.2) is 0 Å². The summed E-state index contributed by atoms with van der Waals surface area (Å²) in [6.07, 6.45) is 0. The summed E-state index contributed by atoms with van der Waals surface area (Å²) in [6.45, 7) is 4.12. The molecule has 2 aromatic carbocycles. The molecule has 0 aliphatic rings. The number of esters is 1. The Morgan fingerprint density at radius 2 is 1.67 bits per heavy atom. The van der Waals surface area contributed by atoms with Crippen LogP contribution in [0.2, 0.25) is 0 Å². The molecule has 0 saturated carbocycles. The molecule has 0 N–H and O–H groups in total. The summed E-state index contributed by atoms with van der Waals surface area (Å²) in [4.78, 5) is 12.3. The lowest BCUT2D eigenvalue weighted by Crippen LogP contribution is -2.22. The lowest BCUT2D eigenvalue weighted by atomic mass is 10.0. The van der Waals surface area contributed by atoms with Crippen LogP contribution in [0.15, 0.2) is 53.4 Å². The van der Waals surface area contributed by atoms with Crippen molar-refractivity contribution < 1.29 is 17.9 Å². The number of carbonyl (C=O) groups is 1. The average Bonchev–Trinajstić information content (AvgIpc) is 2.55. The largest absolute Gasteiger partial charge is 0.423 e. The maximum Gasteiger partial charge on any atom is 0.343 e. The fraction of sp³-hybridized carbons (Fsp3) is 0.278. The van der Waals surface area contributed by atoms with Crippen molar-refractivity contribution in [1.29, 1.82) is 0 Å². The zero-order valence-electron chi connectivity index (χ0n) is 14.2. The van der Waals surface area contributed by atoms with Crippen molar-refractivity contribution in [3.8, 4) is 5.75 Å². The van der Waals surface area contributed by atoms with Gasteiger partial charge in [0, 0.05) is 14.1 Å². The summed E-state index contributed by atoms with van der Waals surface area (Å²) in [5.41, 5.74) is 1.37. The number of carbonyl (C=O) groups excluding carboxylic acids is 1. The predicted octanol–water partition coefficient (Wildman–Crippen LogP) is 3.28. The van der Waals surface area contributed by atoms with Gasteiger partial charge in [-0.15, -0.1) is 0 Å². The van der Waals surface area contributed by atoms with Gasteiger partial charge in [-0.05, 0) is 47.9 Å². The van der Waals surface area contributed by atoms with E-state index in [2.05, 4.69) is 13.8 Å². The van der Waals surface area contributed by atoms with E-state index in [-0.39, 0.29) is 4.90 Å². The molecule has 5 nitrogen and oxygen atoms in total. The second-order valence-corrected chi connectivity index (χ2v) is 8.08. The Bertz CT molecular complexity index is 824. The minimum Gasteiger partial charge on any atom is -0.423 e. The summed E-state index contributed by atoms with van der Waals surface area (Å²) in [7, 11) is -0.597. The third-order valence-electron chi connectivity index (χ3n) is 3.60. The van der Waals surface area contributed by atoms with Gasteiger partial charge in [-0.1, -0.05) is 26.0 Å². The molecule has 2 aromatic rings. The fourth-order valence-electron chi connectivity index (χ4n) is 2.08. The number of hydrogen-bond donors (Lipinski definition) is 0. The van der Waals surface area contributed by atoms with E-state index in [1.54, 1.807) is 6.07 Å². The van der Waals surface area contributed by atoms with Gasteiger partial charge in [0.1, 0.15) is 5.75 Å². The van der Waals surface area contributed by atoms with E-state index in [9.17, 15) is 13.2 Å². The molecule has 0 aromatic heterocycles. The number of ether oxygens (including phenoxy) is 1. The van der Waals surface area contributed by atoms with E-state index in [4.69, 9.17) is 4.74 Å². The highest BCUT2D eigenvalue weighted by Gasteiger charge is 2.18. The predicted molar refractivity (Wildman–Crippen MR) is 92.8 cm³/mol. The van der Waals surface area contributed by atoms with Crippen LogP contribution in [0.25, 0.3) is 0 Å². The summed E-state index contributed by atoms with van der Waals surface area (Å²) < 4.78 is 30.5. The molecule has 0 aliphatic heterocycles. The smallest absolute Gasteiger partial charge is 0.343 e. The van der Waals surface area contributed by atoms with E-state index in [0.29, 0.717) is 17.2 Å². The fourth-order valence-corrected chi connectivity index (χ4v) is 2.98. The van der Waals surface area contributed by atoms with E-state index >= 15 is 0 Å². The lowest BCUT2D eigenvalue weighted by molar-refractivity contribution is 0.0734. The van der Waals surface area contributed by atoms with Gasteiger partial charge < -0.3 is 4.74 Å². The Kier molecular flexibility index (Phi) is 5.41. The Morgan fingerprint density at radius 3 is 2.21 bits per heavy atom. The highest BCUT2D eigenvalue weighted by atomic mass is 32.2. The maximum absolute atomic E-state index is 12.2. The van der Waals surface area contributed by atoms with Gasteiger partial charge in [-0.2, -0.15) is 0 Å². The zero-order valence-corrected chi connectivity index (χ0v) is 15.0. The van der Waals surface area contributed by atoms with E-state index < -0.39 is 16.0 Å². The summed E-state index contributed by atoms with van der Waals surface area (Å²) in [5, 5.41) is 0. The van der Waals surface area contributed by atoms with Gasteiger partial charge in [0.25, 0.3) is 0 Å². The van der Waals surface area contributed by atoms with Crippen molar-refractivity contribution >= 4 is 16.0 Å². The third-order valence-corrected chi connectivity index (χ3v) is 5.43. The second kappa shape index (κ2) is 7.15. The molecule has 128 valence electrons. The zero-order chi connectivity index (χ0) is 17.9. The van der Waals surface area contributed by atoms with Gasteiger partial charge in [0.2, 0.25) is 10.0 Å². The Morgan fingerprint density at radius 1 is 1.04 bits per heavy atom. The molecular formula is C18H21NO4S. The molecule has 0 bridgehead atoms. The summed E-state index contributed by atoms with van der Waals surface area (Å²) >= 11 is 0. The minimum atomic E-state index is -3.51. The topological polar surface area (TPSA) is 63.7 Å². The van der Waals surface area contributed by atoms with Crippen LogP contribution >= 0.6 is 0 Å². The van der Waals surface area contributed by atoms with E-state index in [1.807, 2.05) is 18.2 Å². The molecule has 0 saturated heterocycles. The van der Waals surface area contributed by atoms with Crippen LogP contribution in [0.5, 0.6) is 5.75 Å². The molecule has 0 amide bonds.